The Balaban J connectivity index is 1.46. The van der Waals surface area contributed by atoms with Crippen molar-refractivity contribution in [3.8, 4) is 17.2 Å². The van der Waals surface area contributed by atoms with Gasteiger partial charge >= 0.3 is 5.97 Å². The molecular formula is C26H24Cl2N2O5. The largest absolute Gasteiger partial charge is 0.494 e. The summed E-state index contributed by atoms with van der Waals surface area (Å²) >= 11 is 11.9. The van der Waals surface area contributed by atoms with E-state index < -0.39 is 11.9 Å². The molecule has 35 heavy (non-hydrogen) atoms. The van der Waals surface area contributed by atoms with Crippen molar-refractivity contribution >= 4 is 41.3 Å². The fraction of sp³-hybridized carbons (Fsp3) is 0.192. The molecule has 0 atom stereocenters. The minimum absolute atomic E-state index is 0.195. The van der Waals surface area contributed by atoms with E-state index in [4.69, 9.17) is 37.4 Å². The molecule has 0 saturated carbocycles. The van der Waals surface area contributed by atoms with Gasteiger partial charge in [-0.05, 0) is 66.6 Å². The second kappa shape index (κ2) is 13.4. The van der Waals surface area contributed by atoms with Crippen LogP contribution in [-0.2, 0) is 4.79 Å². The van der Waals surface area contributed by atoms with Gasteiger partial charge in [0.15, 0.2) is 6.61 Å². The first-order valence-electron chi connectivity index (χ1n) is 10.9. The molecule has 9 heteroatoms. The molecule has 0 radical (unpaired) electrons. The van der Waals surface area contributed by atoms with Gasteiger partial charge in [-0.25, -0.2) is 10.2 Å². The average molecular weight is 515 g/mol. The van der Waals surface area contributed by atoms with Crippen molar-refractivity contribution < 1.29 is 23.8 Å². The van der Waals surface area contributed by atoms with Gasteiger partial charge in [0.25, 0.3) is 5.91 Å². The van der Waals surface area contributed by atoms with Crippen molar-refractivity contribution in [3.63, 3.8) is 0 Å². The number of unbranched alkanes of at least 4 members (excludes halogenated alkanes) is 1. The molecule has 7 nitrogen and oxygen atoms in total. The van der Waals surface area contributed by atoms with E-state index in [9.17, 15) is 9.59 Å². The Hall–Kier alpha value is -3.55. The summed E-state index contributed by atoms with van der Waals surface area (Å²) in [5.74, 6) is 0.546. The van der Waals surface area contributed by atoms with E-state index in [1.54, 1.807) is 54.6 Å². The molecule has 3 rings (SSSR count). The number of rotatable bonds is 11. The number of benzene rings is 3. The van der Waals surface area contributed by atoms with Crippen LogP contribution in [0, 0.1) is 0 Å². The molecule has 0 aromatic heterocycles. The predicted octanol–water partition coefficient (Wildman–Crippen LogP) is 5.92. The number of ether oxygens (including phenoxy) is 3. The molecule has 0 saturated heterocycles. The third kappa shape index (κ3) is 8.63. The highest BCUT2D eigenvalue weighted by atomic mass is 35.5. The van der Waals surface area contributed by atoms with E-state index in [0.717, 1.165) is 18.6 Å². The van der Waals surface area contributed by atoms with Gasteiger partial charge in [-0.3, -0.25) is 4.79 Å². The van der Waals surface area contributed by atoms with Crippen molar-refractivity contribution in [2.45, 2.75) is 19.8 Å². The van der Waals surface area contributed by atoms with Crippen molar-refractivity contribution in [1.82, 2.24) is 5.43 Å². The van der Waals surface area contributed by atoms with Gasteiger partial charge in [0.2, 0.25) is 0 Å². The maximum absolute atomic E-state index is 12.4. The van der Waals surface area contributed by atoms with Crippen LogP contribution in [0.5, 0.6) is 17.2 Å². The van der Waals surface area contributed by atoms with Crippen LogP contribution in [0.1, 0.15) is 35.7 Å². The quantitative estimate of drug-likeness (QED) is 0.113. The first-order chi connectivity index (χ1) is 16.9. The minimum atomic E-state index is -0.619. The monoisotopic (exact) mass is 514 g/mol. The van der Waals surface area contributed by atoms with E-state index in [1.165, 1.54) is 18.3 Å². The zero-order valence-electron chi connectivity index (χ0n) is 19.0. The molecule has 1 N–H and O–H groups in total. The third-order valence-corrected chi connectivity index (χ3v) is 5.13. The summed E-state index contributed by atoms with van der Waals surface area (Å²) in [6.07, 6.45) is 3.48. The minimum Gasteiger partial charge on any atom is -0.494 e. The highest BCUT2D eigenvalue weighted by Crippen LogP contribution is 2.23. The Kier molecular flexibility index (Phi) is 9.95. The number of nitrogens with zero attached hydrogens (tertiary/aromatic N) is 1. The highest BCUT2D eigenvalue weighted by Gasteiger charge is 2.13. The van der Waals surface area contributed by atoms with Crippen molar-refractivity contribution in [2.75, 3.05) is 13.2 Å². The Morgan fingerprint density at radius 3 is 2.40 bits per heavy atom. The number of halogens is 2. The lowest BCUT2D eigenvalue weighted by molar-refractivity contribution is -0.123. The molecule has 0 unspecified atom stereocenters. The number of hydrogen-bond donors (Lipinski definition) is 1. The van der Waals surface area contributed by atoms with Crippen LogP contribution in [0.2, 0.25) is 10.0 Å². The van der Waals surface area contributed by atoms with Crippen LogP contribution in [-0.4, -0.2) is 31.3 Å². The molecule has 3 aromatic rings. The van der Waals surface area contributed by atoms with Crippen molar-refractivity contribution in [3.05, 3.63) is 87.9 Å². The molecule has 0 fully saturated rings. The van der Waals surface area contributed by atoms with Gasteiger partial charge < -0.3 is 14.2 Å². The molecule has 0 aliphatic carbocycles. The lowest BCUT2D eigenvalue weighted by Crippen LogP contribution is -2.24. The number of amides is 1. The van der Waals surface area contributed by atoms with E-state index in [-0.39, 0.29) is 17.2 Å². The first-order valence-corrected chi connectivity index (χ1v) is 11.6. The standard InChI is InChI=1S/C26H24Cl2N2O5/c1-2-3-13-33-20-8-10-21(11-9-20)34-17-25(31)30-29-16-18-5-4-6-22(14-18)35-26(32)23-12-7-19(27)15-24(23)28/h4-12,14-16H,2-3,13,17H2,1H3,(H,30,31)/b29-16+. The number of carbonyl (C=O) groups is 2. The van der Waals surface area contributed by atoms with E-state index in [2.05, 4.69) is 17.5 Å². The summed E-state index contributed by atoms with van der Waals surface area (Å²) in [5.41, 5.74) is 3.19. The SMILES string of the molecule is CCCCOc1ccc(OCC(=O)N/N=C/c2cccc(OC(=O)c3ccc(Cl)cc3Cl)c2)cc1. The zero-order valence-corrected chi connectivity index (χ0v) is 20.5. The smallest absolute Gasteiger partial charge is 0.345 e. The first kappa shape index (κ1) is 26.1. The lowest BCUT2D eigenvalue weighted by Gasteiger charge is -2.08. The van der Waals surface area contributed by atoms with Crippen LogP contribution in [0.15, 0.2) is 71.8 Å². The summed E-state index contributed by atoms with van der Waals surface area (Å²) in [5, 5.41) is 4.53. The second-order valence-corrected chi connectivity index (χ2v) is 8.19. The van der Waals surface area contributed by atoms with E-state index in [1.807, 2.05) is 0 Å². The molecule has 0 spiro atoms. The normalized spacial score (nSPS) is 10.7. The number of esters is 1. The van der Waals surface area contributed by atoms with E-state index in [0.29, 0.717) is 28.7 Å². The van der Waals surface area contributed by atoms with Crippen LogP contribution in [0.4, 0.5) is 0 Å². The fourth-order valence-electron chi connectivity index (χ4n) is 2.80. The molecule has 0 heterocycles. The summed E-state index contributed by atoms with van der Waals surface area (Å²) in [6, 6.07) is 18.2. The fourth-order valence-corrected chi connectivity index (χ4v) is 3.29. The maximum atomic E-state index is 12.4. The molecular weight excluding hydrogens is 491 g/mol. The topological polar surface area (TPSA) is 86.2 Å². The van der Waals surface area contributed by atoms with E-state index >= 15 is 0 Å². The van der Waals surface area contributed by atoms with Crippen LogP contribution >= 0.6 is 23.2 Å². The Labute approximate surface area is 213 Å². The number of nitrogens with one attached hydrogen (secondary N) is 1. The third-order valence-electron chi connectivity index (χ3n) is 4.58. The molecule has 1 amide bonds. The molecule has 0 aliphatic heterocycles. The molecule has 0 aliphatic rings. The van der Waals surface area contributed by atoms with Gasteiger partial charge in [-0.1, -0.05) is 48.7 Å². The number of carbonyl (C=O) groups excluding carboxylic acids is 2. The predicted molar refractivity (Wildman–Crippen MR) is 136 cm³/mol. The summed E-state index contributed by atoms with van der Waals surface area (Å²) in [6.45, 7) is 2.57. The summed E-state index contributed by atoms with van der Waals surface area (Å²) in [4.78, 5) is 24.4. The average Bonchev–Trinajstić information content (AvgIpc) is 2.84. The van der Waals surface area contributed by atoms with Crippen LogP contribution < -0.4 is 19.6 Å². The van der Waals surface area contributed by atoms with Crippen LogP contribution in [0.3, 0.4) is 0 Å². The second-order valence-electron chi connectivity index (χ2n) is 7.34. The molecule has 0 bridgehead atoms. The van der Waals surface area contributed by atoms with Gasteiger partial charge in [0.05, 0.1) is 23.4 Å². The van der Waals surface area contributed by atoms with Crippen molar-refractivity contribution in [2.24, 2.45) is 5.10 Å². The molecule has 3 aromatic carbocycles. The molecule has 182 valence electrons. The van der Waals surface area contributed by atoms with Crippen LogP contribution in [0.25, 0.3) is 0 Å². The summed E-state index contributed by atoms with van der Waals surface area (Å²) < 4.78 is 16.4. The highest BCUT2D eigenvalue weighted by molar-refractivity contribution is 6.36. The Bertz CT molecular complexity index is 1180. The Morgan fingerprint density at radius 2 is 1.69 bits per heavy atom. The summed E-state index contributed by atoms with van der Waals surface area (Å²) in [7, 11) is 0. The van der Waals surface area contributed by atoms with Gasteiger partial charge in [0, 0.05) is 5.02 Å². The van der Waals surface area contributed by atoms with Gasteiger partial charge in [-0.2, -0.15) is 5.10 Å². The lowest BCUT2D eigenvalue weighted by atomic mass is 10.2. The maximum Gasteiger partial charge on any atom is 0.345 e. The van der Waals surface area contributed by atoms with Crippen molar-refractivity contribution in [1.29, 1.82) is 0 Å². The number of hydrogen-bond acceptors (Lipinski definition) is 6. The zero-order chi connectivity index (χ0) is 25.0. The Morgan fingerprint density at radius 1 is 0.943 bits per heavy atom. The number of hydrazone groups is 1. The van der Waals surface area contributed by atoms with Gasteiger partial charge in [-0.15, -0.1) is 0 Å². The van der Waals surface area contributed by atoms with Gasteiger partial charge in [0.1, 0.15) is 17.2 Å².